The van der Waals surface area contributed by atoms with E-state index in [1.54, 1.807) is 13.8 Å². The minimum absolute atomic E-state index is 0. The summed E-state index contributed by atoms with van der Waals surface area (Å²) >= 11 is 0. The van der Waals surface area contributed by atoms with Crippen LogP contribution < -0.4 is 27.0 Å². The Bertz CT molecular complexity index is 1630. The number of carbonyl (C=O) groups is 9. The average molecular weight is 1150 g/mol. The van der Waals surface area contributed by atoms with Crippen LogP contribution in [0.5, 0.6) is 0 Å². The van der Waals surface area contributed by atoms with Gasteiger partial charge in [0.15, 0.2) is 5.78 Å². The fourth-order valence-corrected chi connectivity index (χ4v) is 7.55. The molecule has 0 aromatic heterocycles. The monoisotopic (exact) mass is 1140 g/mol. The molecule has 0 aromatic rings. The molecule has 0 spiro atoms. The molecule has 9 N–H and O–H groups in total. The van der Waals surface area contributed by atoms with E-state index in [-0.39, 0.29) is 172 Å². The SMILES string of the molecule is CC(C)([NH-])C(=O)CNC(C)(C)C(=O)CC[C@@H](CCCCNC(=O)COCCOCCNC(=O)COCCOCCCC(=O)CC[C@H](NC(=O)CCCCCCCCCCCCCCCCC(=O)O)C(=O)O)C(N)=O.[Y]. The number of carboxylic acids is 2. The van der Waals surface area contributed by atoms with Crippen LogP contribution in [0, 0.1) is 5.92 Å². The molecule has 0 rings (SSSR count). The third-order valence-electron chi connectivity index (χ3n) is 12.4. The van der Waals surface area contributed by atoms with Crippen LogP contribution in [0.3, 0.4) is 0 Å². The molecule has 21 nitrogen and oxygen atoms in total. The van der Waals surface area contributed by atoms with Crippen LogP contribution >= 0.6 is 0 Å². The van der Waals surface area contributed by atoms with E-state index in [1.165, 1.54) is 52.4 Å². The molecule has 0 bridgehead atoms. The minimum Gasteiger partial charge on any atom is -0.666 e. The van der Waals surface area contributed by atoms with Gasteiger partial charge < -0.3 is 56.6 Å². The number of primary amides is 1. The molecule has 1 radical (unpaired) electrons. The van der Waals surface area contributed by atoms with Crippen molar-refractivity contribution in [3.8, 4) is 0 Å². The first-order chi connectivity index (χ1) is 35.1. The zero-order chi connectivity index (χ0) is 55.5. The third-order valence-corrected chi connectivity index (χ3v) is 12.4. The summed E-state index contributed by atoms with van der Waals surface area (Å²) < 4.78 is 21.5. The molecule has 75 heavy (non-hydrogen) atoms. The van der Waals surface area contributed by atoms with E-state index in [0.29, 0.717) is 45.3 Å². The summed E-state index contributed by atoms with van der Waals surface area (Å²) in [4.78, 5) is 108. The Morgan fingerprint density at radius 2 is 1.00 bits per heavy atom. The maximum absolute atomic E-state index is 12.8. The van der Waals surface area contributed by atoms with Gasteiger partial charge in [0.2, 0.25) is 23.6 Å². The van der Waals surface area contributed by atoms with Crippen LogP contribution in [0.1, 0.15) is 188 Å². The molecule has 0 aliphatic carbocycles. The number of hydrogen-bond donors (Lipinski definition) is 7. The number of aliphatic carboxylic acids is 2. The summed E-state index contributed by atoms with van der Waals surface area (Å²) in [5, 5.41) is 29.1. The Labute approximate surface area is 471 Å². The van der Waals surface area contributed by atoms with Gasteiger partial charge in [0.25, 0.3) is 0 Å². The van der Waals surface area contributed by atoms with E-state index in [0.717, 1.165) is 44.9 Å². The van der Waals surface area contributed by atoms with Crippen molar-refractivity contribution in [2.24, 2.45) is 11.7 Å². The maximum Gasteiger partial charge on any atom is 0.326 e. The molecule has 0 saturated carbocycles. The van der Waals surface area contributed by atoms with Gasteiger partial charge in [-0.3, -0.25) is 43.7 Å². The predicted octanol–water partition coefficient (Wildman–Crippen LogP) is 5.70. The van der Waals surface area contributed by atoms with E-state index in [2.05, 4.69) is 21.3 Å². The Morgan fingerprint density at radius 3 is 1.51 bits per heavy atom. The Hall–Kier alpha value is -3.31. The summed E-state index contributed by atoms with van der Waals surface area (Å²) in [6.45, 7) is 7.75. The van der Waals surface area contributed by atoms with Gasteiger partial charge in [0.1, 0.15) is 30.8 Å². The fourth-order valence-electron chi connectivity index (χ4n) is 7.55. The zero-order valence-corrected chi connectivity index (χ0v) is 48.8. The van der Waals surface area contributed by atoms with Crippen molar-refractivity contribution in [1.82, 2.24) is 21.3 Å². The molecule has 0 aromatic carbocycles. The molecular formula is C53H95N6O15Y-. The maximum atomic E-state index is 12.8. The summed E-state index contributed by atoms with van der Waals surface area (Å²) in [7, 11) is 0. The fraction of sp³-hybridized carbons (Fsp3) is 0.830. The van der Waals surface area contributed by atoms with Gasteiger partial charge in [0, 0.05) is 90.4 Å². The molecule has 0 aliphatic heterocycles. The smallest absolute Gasteiger partial charge is 0.326 e. The number of amides is 4. The summed E-state index contributed by atoms with van der Waals surface area (Å²) in [5.74, 6) is -4.48. The number of nitrogens with one attached hydrogen (secondary N) is 5. The Kier molecular flexibility index (Phi) is 46.0. The Morgan fingerprint density at radius 1 is 0.507 bits per heavy atom. The van der Waals surface area contributed by atoms with Crippen molar-refractivity contribution in [2.75, 3.05) is 72.5 Å². The van der Waals surface area contributed by atoms with E-state index in [4.69, 9.17) is 35.5 Å². The second kappa shape index (κ2) is 46.8. The first-order valence-electron chi connectivity index (χ1n) is 27.1. The number of Topliss-reactive ketones (excluding diaryl/α,β-unsaturated/α-hetero) is 3. The van der Waals surface area contributed by atoms with Gasteiger partial charge in [-0.2, -0.15) is 0 Å². The number of carboxylic acid groups (broad SMARTS) is 2. The van der Waals surface area contributed by atoms with Crippen LogP contribution in [-0.4, -0.2) is 153 Å². The summed E-state index contributed by atoms with van der Waals surface area (Å²) in [6.07, 6.45) is 18.3. The normalized spacial score (nSPS) is 12.3. The quantitative estimate of drug-likeness (QED) is 0.0359. The molecule has 0 unspecified atom stereocenters. The molecule has 4 amide bonds. The van der Waals surface area contributed by atoms with Crippen LogP contribution in [0.2, 0.25) is 0 Å². The molecule has 0 fully saturated rings. The summed E-state index contributed by atoms with van der Waals surface area (Å²) in [6, 6.07) is -1.12. The van der Waals surface area contributed by atoms with Gasteiger partial charge in [0.05, 0.1) is 45.1 Å². The van der Waals surface area contributed by atoms with E-state index in [1.807, 2.05) is 0 Å². The van der Waals surface area contributed by atoms with Crippen molar-refractivity contribution in [1.29, 1.82) is 0 Å². The van der Waals surface area contributed by atoms with Crippen molar-refractivity contribution in [2.45, 2.75) is 205 Å². The second-order valence-corrected chi connectivity index (χ2v) is 20.1. The van der Waals surface area contributed by atoms with Crippen LogP contribution in [-0.2, 0) is 94.8 Å². The van der Waals surface area contributed by atoms with Crippen LogP contribution in [0.4, 0.5) is 0 Å². The first kappa shape index (κ1) is 73.8. The topological polar surface area (TPSA) is 329 Å². The number of ketones is 3. The van der Waals surface area contributed by atoms with Gasteiger partial charge >= 0.3 is 11.9 Å². The number of ether oxygens (including phenoxy) is 4. The van der Waals surface area contributed by atoms with Crippen LogP contribution in [0.15, 0.2) is 0 Å². The summed E-state index contributed by atoms with van der Waals surface area (Å²) in [5.41, 5.74) is 11.1. The second-order valence-electron chi connectivity index (χ2n) is 20.1. The molecule has 0 aliphatic rings. The van der Waals surface area contributed by atoms with E-state index in [9.17, 15) is 48.3 Å². The Balaban J connectivity index is 0. The van der Waals surface area contributed by atoms with Crippen molar-refractivity contribution >= 4 is 52.9 Å². The zero-order valence-electron chi connectivity index (χ0n) is 46.0. The molecule has 0 saturated heterocycles. The number of nitrogens with two attached hydrogens (primary N) is 1. The van der Waals surface area contributed by atoms with Gasteiger partial charge in [-0.1, -0.05) is 103 Å². The van der Waals surface area contributed by atoms with Crippen LogP contribution in [0.25, 0.3) is 5.73 Å². The number of carbonyl (C=O) groups excluding carboxylic acids is 7. The first-order valence-corrected chi connectivity index (χ1v) is 27.1. The predicted molar refractivity (Wildman–Crippen MR) is 280 cm³/mol. The molecule has 431 valence electrons. The van der Waals surface area contributed by atoms with Crippen molar-refractivity contribution < 1.29 is 105 Å². The number of unbranched alkanes of at least 4 members (excludes halogenated alkanes) is 14. The third kappa shape index (κ3) is 45.4. The largest absolute Gasteiger partial charge is 0.666 e. The van der Waals surface area contributed by atoms with Crippen molar-refractivity contribution in [3.63, 3.8) is 0 Å². The molecule has 2 atom stereocenters. The average Bonchev–Trinajstić information content (AvgIpc) is 3.33. The molecule has 0 heterocycles. The van der Waals surface area contributed by atoms with Gasteiger partial charge in [-0.25, -0.2) is 4.79 Å². The number of rotatable bonds is 53. The van der Waals surface area contributed by atoms with Crippen molar-refractivity contribution in [3.05, 3.63) is 5.73 Å². The van der Waals surface area contributed by atoms with E-state index < -0.39 is 40.9 Å². The molecule has 22 heteroatoms. The number of hydrogen-bond acceptors (Lipinski definition) is 14. The van der Waals surface area contributed by atoms with Gasteiger partial charge in [-0.15, -0.1) is 0 Å². The molecular weight excluding hydrogens is 1050 g/mol. The van der Waals surface area contributed by atoms with E-state index >= 15 is 0 Å². The van der Waals surface area contributed by atoms with Gasteiger partial charge in [-0.05, 0) is 58.8 Å². The standard InChI is InChI=1S/C53H95N6O15.Y/c1-52(2,55)45(62)38-58-53(3,4)44(61)29-26-41(50(54)68)22-19-20-30-56-47(64)39-74-37-35-72-33-31-57-48(65)40-73-36-34-71-32-21-23-42(60)27-28-43(51(69)70)59-46(63)24-17-15-13-11-9-7-5-6-8-10-12-14-16-18-25-49(66)67;/h41,43,55,58H,5-40H2,1-4H3,(H2,54,68)(H,56,64)(H,57,65)(H,59,63)(H,66,67)(H,69,70);/q-1;/t41-,43+;/m1./s1. The minimum atomic E-state index is -1.27.